The first-order chi connectivity index (χ1) is 30.6. The largest absolute Gasteiger partial charge is 0.481 e. The Kier molecular flexibility index (Phi) is 23.6. The first-order valence-electron chi connectivity index (χ1n) is 22.3. The molecule has 0 amide bonds. The number of ether oxygens (including phenoxy) is 4. The van der Waals surface area contributed by atoms with E-state index in [1.165, 1.54) is 13.0 Å². The molecule has 368 valence electrons. The lowest BCUT2D eigenvalue weighted by Gasteiger charge is -2.45. The van der Waals surface area contributed by atoms with Crippen molar-refractivity contribution in [3.63, 3.8) is 0 Å². The highest BCUT2D eigenvalue weighted by molar-refractivity contribution is 5.71. The molecule has 0 aromatic carbocycles. The number of rotatable bonds is 3. The molecule has 0 spiro atoms. The summed E-state index contributed by atoms with van der Waals surface area (Å²) in [5.41, 5.74) is 6.02. The van der Waals surface area contributed by atoms with Crippen molar-refractivity contribution < 1.29 is 84.7 Å². The van der Waals surface area contributed by atoms with Gasteiger partial charge in [-0.3, -0.25) is 9.59 Å². The van der Waals surface area contributed by atoms with E-state index >= 15 is 0 Å². The molecule has 3 aliphatic rings. The summed E-state index contributed by atoms with van der Waals surface area (Å²) in [6, 6.07) is -1.15. The molecule has 3 rings (SSSR count). The Labute approximate surface area is 381 Å². The first kappa shape index (κ1) is 55.9. The normalized spacial score (nSPS) is 45.5. The maximum absolute atomic E-state index is 12.6. The van der Waals surface area contributed by atoms with Crippen LogP contribution in [0.1, 0.15) is 79.1 Å². The Morgan fingerprint density at radius 1 is 0.662 bits per heavy atom. The fraction of sp³-hybridized carbons (Fsp3) is 0.660. The van der Waals surface area contributed by atoms with Gasteiger partial charge in [0.1, 0.15) is 18.1 Å². The van der Waals surface area contributed by atoms with Crippen molar-refractivity contribution in [2.45, 2.75) is 177 Å². The summed E-state index contributed by atoms with van der Waals surface area (Å²) < 4.78 is 23.1. The molecule has 65 heavy (non-hydrogen) atoms. The van der Waals surface area contributed by atoms with Gasteiger partial charge in [0.15, 0.2) is 12.1 Å². The average Bonchev–Trinajstić information content (AvgIpc) is 3.21. The van der Waals surface area contributed by atoms with E-state index in [1.54, 1.807) is 80.7 Å². The first-order valence-corrected chi connectivity index (χ1v) is 22.3. The number of hydrogen-bond acceptors (Lipinski definition) is 17. The summed E-state index contributed by atoms with van der Waals surface area (Å²) in [6.07, 6.45) is 3.46. The number of carboxylic acid groups (broad SMARTS) is 1. The highest BCUT2D eigenvalue weighted by Gasteiger charge is 2.51. The van der Waals surface area contributed by atoms with Gasteiger partial charge in [-0.1, -0.05) is 98.9 Å². The molecule has 3 heterocycles. The second-order valence-corrected chi connectivity index (χ2v) is 17.6. The van der Waals surface area contributed by atoms with E-state index in [4.69, 9.17) is 24.7 Å². The zero-order valence-corrected chi connectivity index (χ0v) is 37.6. The van der Waals surface area contributed by atoms with Crippen molar-refractivity contribution in [1.29, 1.82) is 0 Å². The topological polar surface area (TPSA) is 320 Å². The third-order valence-electron chi connectivity index (χ3n) is 12.0. The Morgan fingerprint density at radius 3 is 1.82 bits per heavy atom. The zero-order chi connectivity index (χ0) is 48.4. The monoisotopic (exact) mass is 923 g/mol. The van der Waals surface area contributed by atoms with E-state index in [1.807, 2.05) is 19.1 Å². The van der Waals surface area contributed by atoms with Gasteiger partial charge in [-0.2, -0.15) is 0 Å². The van der Waals surface area contributed by atoms with E-state index < -0.39 is 147 Å². The minimum atomic E-state index is -2.33. The quantitative estimate of drug-likeness (QED) is 0.174. The number of carbonyl (C=O) groups excluding carboxylic acids is 1. The molecule has 2 saturated heterocycles. The Balaban J connectivity index is 1.86. The van der Waals surface area contributed by atoms with Crippen LogP contribution in [0, 0.1) is 17.8 Å². The zero-order valence-electron chi connectivity index (χ0n) is 37.6. The number of nitrogens with two attached hydrogens (primary N) is 1. The second kappa shape index (κ2) is 27.4. The fourth-order valence-electron chi connectivity index (χ4n) is 7.97. The summed E-state index contributed by atoms with van der Waals surface area (Å²) >= 11 is 0. The van der Waals surface area contributed by atoms with Gasteiger partial charge in [0, 0.05) is 37.5 Å². The van der Waals surface area contributed by atoms with Crippen molar-refractivity contribution in [1.82, 2.24) is 0 Å². The third kappa shape index (κ3) is 18.6. The smallest absolute Gasteiger partial charge is 0.311 e. The molecule has 13 N–H and O–H groups in total. The molecule has 2 bridgehead atoms. The lowest BCUT2D eigenvalue weighted by atomic mass is 9.82. The number of hydrogen-bond donors (Lipinski definition) is 12. The Morgan fingerprint density at radius 2 is 1.23 bits per heavy atom. The minimum absolute atomic E-state index is 0.107. The van der Waals surface area contributed by atoms with Crippen LogP contribution in [0.2, 0.25) is 0 Å². The standard InChI is InChI=1S/C47H73NO17/c1-27-17-15-13-11-9-7-5-6-8-10-12-14-16-18-34(64-46-44(58)41(48)43(57)30(4)63-46)24-38-40(45(59)60)37(54)26-47(61,65-38)25-33(51)22-36(53)35(52)20-19-31(49)21-32(50)23-39(55)62-29(3)28(2)42(27)56/h5-18,27-38,40-44,46,49-54,56-58,61H,19-26,48H2,1-4H3,(H,59,60)/b6-5+,9-7+,10-8+,13-11+,14-12+,17-15+,18-16+/t27-,28-,29-,30?,31+,32+,33-,34-,35?,36+,37-,38-,40+,41?,42+,43?,44?,46?,47+/m0/s1. The number of carboxylic acids is 1. The van der Waals surface area contributed by atoms with E-state index in [0.717, 1.165) is 0 Å². The van der Waals surface area contributed by atoms with Gasteiger partial charge in [-0.15, -0.1) is 0 Å². The van der Waals surface area contributed by atoms with Crippen LogP contribution in [0.15, 0.2) is 85.1 Å². The van der Waals surface area contributed by atoms with Crippen LogP contribution in [0.3, 0.4) is 0 Å². The van der Waals surface area contributed by atoms with Crippen molar-refractivity contribution in [3.8, 4) is 0 Å². The van der Waals surface area contributed by atoms with Crippen molar-refractivity contribution >= 4 is 11.9 Å². The molecule has 2 fully saturated rings. The molecule has 18 heteroatoms. The molecule has 18 nitrogen and oxygen atoms in total. The maximum atomic E-state index is 12.6. The summed E-state index contributed by atoms with van der Waals surface area (Å²) in [4.78, 5) is 25.1. The molecule has 19 atom stereocenters. The molecule has 3 aliphatic heterocycles. The molecule has 0 aromatic heterocycles. The number of fused-ring (bicyclic) bond motifs is 2. The summed E-state index contributed by atoms with van der Waals surface area (Å²) in [5.74, 6) is -6.83. The van der Waals surface area contributed by atoms with Crippen molar-refractivity contribution in [2.24, 2.45) is 23.5 Å². The summed E-state index contributed by atoms with van der Waals surface area (Å²) in [6.45, 7) is 6.74. The Bertz CT molecular complexity index is 1670. The number of allylic oxidation sites excluding steroid dienone is 12. The van der Waals surface area contributed by atoms with Crippen LogP contribution in [0.4, 0.5) is 0 Å². The number of aliphatic hydroxyl groups excluding tert-OH is 9. The maximum Gasteiger partial charge on any atom is 0.311 e. The lowest BCUT2D eigenvalue weighted by molar-refractivity contribution is -0.308. The van der Waals surface area contributed by atoms with Gasteiger partial charge in [0.25, 0.3) is 0 Å². The molecule has 0 aliphatic carbocycles. The SMILES string of the molecule is CC1OC(O[C@H]2/C=C/C=C/C=C/C=C/C=C/C=C/C=C/[C@H](C)[C@@H](O)[C@@H](C)[C@H](C)OC(=O)C[C@H](O)C[C@H](O)CCC(O)[C@H](O)C[C@H](O)C[C@]3(O)C[C@H](O)[C@@H](C(=O)O)[C@H](C2)O3)C(O)C(N)C1O. The fourth-order valence-corrected chi connectivity index (χ4v) is 7.97. The van der Waals surface area contributed by atoms with Crippen LogP contribution in [0.5, 0.6) is 0 Å². The second-order valence-electron chi connectivity index (χ2n) is 17.6. The van der Waals surface area contributed by atoms with E-state index in [-0.39, 0.29) is 31.6 Å². The average molecular weight is 924 g/mol. The predicted octanol–water partition coefficient (Wildman–Crippen LogP) is 0.712. The van der Waals surface area contributed by atoms with E-state index in [0.29, 0.717) is 0 Å². The molecule has 6 unspecified atom stereocenters. The minimum Gasteiger partial charge on any atom is -0.481 e. The van der Waals surface area contributed by atoms with Crippen LogP contribution < -0.4 is 5.73 Å². The van der Waals surface area contributed by atoms with Gasteiger partial charge in [-0.25, -0.2) is 0 Å². The molecular weight excluding hydrogens is 851 g/mol. The summed E-state index contributed by atoms with van der Waals surface area (Å²) in [7, 11) is 0. The third-order valence-corrected chi connectivity index (χ3v) is 12.0. The predicted molar refractivity (Wildman–Crippen MR) is 237 cm³/mol. The lowest BCUT2D eigenvalue weighted by Crippen LogP contribution is -2.61. The van der Waals surface area contributed by atoms with Gasteiger partial charge in [0.2, 0.25) is 0 Å². The molecule has 0 radical (unpaired) electrons. The van der Waals surface area contributed by atoms with Crippen LogP contribution in [0.25, 0.3) is 0 Å². The number of aliphatic hydroxyl groups is 10. The highest BCUT2D eigenvalue weighted by atomic mass is 16.7. The van der Waals surface area contributed by atoms with Crippen LogP contribution >= 0.6 is 0 Å². The summed E-state index contributed by atoms with van der Waals surface area (Å²) in [5, 5.41) is 118. The number of aliphatic carboxylic acids is 1. The molecule has 0 aromatic rings. The highest BCUT2D eigenvalue weighted by Crippen LogP contribution is 2.38. The Hall–Kier alpha value is -3.44. The molecule has 0 saturated carbocycles. The number of cyclic esters (lactones) is 1. The van der Waals surface area contributed by atoms with Crippen molar-refractivity contribution in [3.05, 3.63) is 85.1 Å². The van der Waals surface area contributed by atoms with Gasteiger partial charge in [-0.05, 0) is 33.1 Å². The van der Waals surface area contributed by atoms with Crippen LogP contribution in [-0.2, 0) is 28.5 Å². The van der Waals surface area contributed by atoms with Gasteiger partial charge < -0.3 is 80.9 Å². The number of carbonyl (C=O) groups is 2. The van der Waals surface area contributed by atoms with E-state index in [9.17, 15) is 65.8 Å². The number of esters is 1. The van der Waals surface area contributed by atoms with Gasteiger partial charge >= 0.3 is 11.9 Å². The van der Waals surface area contributed by atoms with Crippen LogP contribution in [-0.4, -0.2) is 166 Å². The van der Waals surface area contributed by atoms with Gasteiger partial charge in [0.05, 0.1) is 79.6 Å². The molecular formula is C47H73NO17. The van der Waals surface area contributed by atoms with Crippen molar-refractivity contribution in [2.75, 3.05) is 0 Å². The van der Waals surface area contributed by atoms with E-state index in [2.05, 4.69) is 0 Å².